The predicted octanol–water partition coefficient (Wildman–Crippen LogP) is 3.48. The number of halogens is 1. The van der Waals surface area contributed by atoms with Gasteiger partial charge in [0.25, 0.3) is 0 Å². The molecule has 2 heterocycles. The number of rotatable bonds is 6. The van der Waals surface area contributed by atoms with Gasteiger partial charge in [-0.3, -0.25) is 0 Å². The number of hydrogen-bond donors (Lipinski definition) is 1. The van der Waals surface area contributed by atoms with Crippen molar-refractivity contribution in [3.05, 3.63) is 28.3 Å². The van der Waals surface area contributed by atoms with Crippen molar-refractivity contribution in [1.29, 1.82) is 0 Å². The number of alkyl halides is 1. The fourth-order valence-corrected chi connectivity index (χ4v) is 2.53. The van der Waals surface area contributed by atoms with E-state index in [1.807, 2.05) is 6.07 Å². The summed E-state index contributed by atoms with van der Waals surface area (Å²) in [6, 6.07) is 4.82. The van der Waals surface area contributed by atoms with Gasteiger partial charge in [0.15, 0.2) is 0 Å². The summed E-state index contributed by atoms with van der Waals surface area (Å²) in [5, 5.41) is 13.2. The Morgan fingerprint density at radius 2 is 2.41 bits per heavy atom. The van der Waals surface area contributed by atoms with Gasteiger partial charge in [-0.1, -0.05) is 18.1 Å². The van der Waals surface area contributed by atoms with Crippen LogP contribution >= 0.6 is 22.9 Å². The van der Waals surface area contributed by atoms with E-state index < -0.39 is 0 Å². The van der Waals surface area contributed by atoms with Gasteiger partial charge >= 0.3 is 6.01 Å². The third kappa shape index (κ3) is 3.20. The Labute approximate surface area is 109 Å². The summed E-state index contributed by atoms with van der Waals surface area (Å²) in [5.41, 5.74) is 0. The Bertz CT molecular complexity index is 443. The number of aromatic nitrogens is 2. The van der Waals surface area contributed by atoms with Crippen LogP contribution in [0, 0.1) is 0 Å². The van der Waals surface area contributed by atoms with E-state index in [-0.39, 0.29) is 6.04 Å². The first-order valence-corrected chi connectivity index (χ1v) is 6.93. The van der Waals surface area contributed by atoms with E-state index in [9.17, 15) is 0 Å². The van der Waals surface area contributed by atoms with Gasteiger partial charge in [-0.15, -0.1) is 28.0 Å². The molecule has 0 bridgehead atoms. The topological polar surface area (TPSA) is 51.0 Å². The Morgan fingerprint density at radius 3 is 3.06 bits per heavy atom. The smallest absolute Gasteiger partial charge is 0.315 e. The molecule has 0 aliphatic heterocycles. The zero-order valence-corrected chi connectivity index (χ0v) is 11.1. The molecule has 0 aliphatic rings. The summed E-state index contributed by atoms with van der Waals surface area (Å²) >= 11 is 7.33. The van der Waals surface area contributed by atoms with Gasteiger partial charge in [0, 0.05) is 17.2 Å². The molecule has 0 amide bonds. The summed E-state index contributed by atoms with van der Waals surface area (Å²) in [5.74, 6) is 1.06. The van der Waals surface area contributed by atoms with Crippen LogP contribution in [0.3, 0.4) is 0 Å². The van der Waals surface area contributed by atoms with Crippen molar-refractivity contribution in [2.45, 2.75) is 25.8 Å². The number of anilines is 1. The summed E-state index contributed by atoms with van der Waals surface area (Å²) in [6.45, 7) is 2.12. The molecule has 4 nitrogen and oxygen atoms in total. The molecule has 2 aromatic rings. The highest BCUT2D eigenvalue weighted by Crippen LogP contribution is 2.25. The largest absolute Gasteiger partial charge is 0.408 e. The predicted molar refractivity (Wildman–Crippen MR) is 69.7 cm³/mol. The van der Waals surface area contributed by atoms with Crippen LogP contribution in [-0.2, 0) is 6.42 Å². The second-order valence-corrected chi connectivity index (χ2v) is 4.92. The van der Waals surface area contributed by atoms with Gasteiger partial charge in [-0.25, -0.2) is 0 Å². The van der Waals surface area contributed by atoms with Gasteiger partial charge in [-0.05, 0) is 17.9 Å². The minimum Gasteiger partial charge on any atom is -0.408 e. The molecule has 6 heteroatoms. The molecule has 0 aliphatic carbocycles. The highest BCUT2D eigenvalue weighted by atomic mass is 35.5. The summed E-state index contributed by atoms with van der Waals surface area (Å²) in [4.78, 5) is 1.27. The lowest BCUT2D eigenvalue weighted by molar-refractivity contribution is 0.505. The zero-order chi connectivity index (χ0) is 12.1. The molecule has 0 radical (unpaired) electrons. The molecule has 17 heavy (non-hydrogen) atoms. The third-order valence-electron chi connectivity index (χ3n) is 2.37. The molecule has 2 rings (SSSR count). The molecular weight excluding hydrogens is 258 g/mol. The quantitative estimate of drug-likeness (QED) is 0.818. The molecule has 1 N–H and O–H groups in total. The maximum absolute atomic E-state index is 5.61. The van der Waals surface area contributed by atoms with E-state index >= 15 is 0 Å². The van der Waals surface area contributed by atoms with Gasteiger partial charge < -0.3 is 9.73 Å². The van der Waals surface area contributed by atoms with Crippen molar-refractivity contribution >= 4 is 29.0 Å². The maximum Gasteiger partial charge on any atom is 0.315 e. The normalized spacial score (nSPS) is 12.6. The Kier molecular flexibility index (Phi) is 4.39. The molecular formula is C11H14ClN3OS. The minimum atomic E-state index is 0.222. The van der Waals surface area contributed by atoms with Crippen molar-refractivity contribution in [2.24, 2.45) is 0 Å². The van der Waals surface area contributed by atoms with Crippen molar-refractivity contribution in [3.8, 4) is 0 Å². The average molecular weight is 272 g/mol. The first-order chi connectivity index (χ1) is 8.33. The first-order valence-electron chi connectivity index (χ1n) is 5.51. The molecule has 92 valence electrons. The van der Waals surface area contributed by atoms with E-state index in [0.29, 0.717) is 24.2 Å². The van der Waals surface area contributed by atoms with Crippen molar-refractivity contribution < 1.29 is 4.42 Å². The van der Waals surface area contributed by atoms with Crippen LogP contribution in [0.25, 0.3) is 0 Å². The SMILES string of the molecule is CCC(Nc1nnc(CCCl)o1)c1cccs1. The lowest BCUT2D eigenvalue weighted by Gasteiger charge is -2.12. The van der Waals surface area contributed by atoms with E-state index in [1.54, 1.807) is 11.3 Å². The minimum absolute atomic E-state index is 0.222. The summed E-state index contributed by atoms with van der Waals surface area (Å²) < 4.78 is 5.44. The number of hydrogen-bond acceptors (Lipinski definition) is 5. The third-order valence-corrected chi connectivity index (χ3v) is 3.54. The molecule has 0 aromatic carbocycles. The molecule has 1 unspecified atom stereocenters. The van der Waals surface area contributed by atoms with Crippen LogP contribution in [0.1, 0.15) is 30.2 Å². The number of nitrogens with zero attached hydrogens (tertiary/aromatic N) is 2. The highest BCUT2D eigenvalue weighted by molar-refractivity contribution is 7.10. The number of thiophene rings is 1. The molecule has 1 atom stereocenters. The zero-order valence-electron chi connectivity index (χ0n) is 9.52. The van der Waals surface area contributed by atoms with Crippen LogP contribution in [-0.4, -0.2) is 16.1 Å². The van der Waals surface area contributed by atoms with Crippen LogP contribution in [0.4, 0.5) is 6.01 Å². The second kappa shape index (κ2) is 6.02. The van der Waals surface area contributed by atoms with E-state index in [2.05, 4.69) is 33.9 Å². The molecule has 0 saturated heterocycles. The Morgan fingerprint density at radius 1 is 1.53 bits per heavy atom. The monoisotopic (exact) mass is 271 g/mol. The number of aryl methyl sites for hydroxylation is 1. The van der Waals surface area contributed by atoms with Crippen LogP contribution in [0.5, 0.6) is 0 Å². The van der Waals surface area contributed by atoms with Gasteiger partial charge in [0.1, 0.15) is 0 Å². The molecule has 2 aromatic heterocycles. The lowest BCUT2D eigenvalue weighted by atomic mass is 10.2. The fraction of sp³-hybridized carbons (Fsp3) is 0.455. The van der Waals surface area contributed by atoms with Crippen LogP contribution in [0.2, 0.25) is 0 Å². The lowest BCUT2D eigenvalue weighted by Crippen LogP contribution is -2.08. The Hall–Kier alpha value is -1.07. The van der Waals surface area contributed by atoms with E-state index in [4.69, 9.17) is 16.0 Å². The standard InChI is InChI=1S/C11H14ClN3OS/c1-2-8(9-4-3-7-17-9)13-11-15-14-10(16-11)5-6-12/h3-4,7-8H,2,5-6H2,1H3,(H,13,15). The Balaban J connectivity index is 2.02. The number of nitrogens with one attached hydrogen (secondary N) is 1. The summed E-state index contributed by atoms with van der Waals surface area (Å²) in [6.07, 6.45) is 1.57. The van der Waals surface area contributed by atoms with Crippen LogP contribution < -0.4 is 5.32 Å². The van der Waals surface area contributed by atoms with Crippen molar-refractivity contribution in [3.63, 3.8) is 0 Å². The van der Waals surface area contributed by atoms with Crippen molar-refractivity contribution in [1.82, 2.24) is 10.2 Å². The van der Waals surface area contributed by atoms with Crippen molar-refractivity contribution in [2.75, 3.05) is 11.2 Å². The molecule has 0 fully saturated rings. The van der Waals surface area contributed by atoms with Gasteiger partial charge in [0.05, 0.1) is 6.04 Å². The highest BCUT2D eigenvalue weighted by Gasteiger charge is 2.13. The fourth-order valence-electron chi connectivity index (χ4n) is 1.51. The first kappa shape index (κ1) is 12.4. The van der Waals surface area contributed by atoms with E-state index in [1.165, 1.54) is 4.88 Å². The molecule has 0 spiro atoms. The summed E-state index contributed by atoms with van der Waals surface area (Å²) in [7, 11) is 0. The average Bonchev–Trinajstić information content (AvgIpc) is 2.97. The maximum atomic E-state index is 5.61. The van der Waals surface area contributed by atoms with Gasteiger partial charge in [-0.2, -0.15) is 0 Å². The molecule has 0 saturated carbocycles. The van der Waals surface area contributed by atoms with E-state index in [0.717, 1.165) is 6.42 Å². The van der Waals surface area contributed by atoms with Crippen LogP contribution in [0.15, 0.2) is 21.9 Å². The second-order valence-electron chi connectivity index (χ2n) is 3.56. The van der Waals surface area contributed by atoms with Gasteiger partial charge in [0.2, 0.25) is 5.89 Å².